The van der Waals surface area contributed by atoms with Gasteiger partial charge in [-0.3, -0.25) is 14.1 Å². The van der Waals surface area contributed by atoms with Crippen molar-refractivity contribution in [3.05, 3.63) is 24.8 Å². The van der Waals surface area contributed by atoms with Gasteiger partial charge in [0.1, 0.15) is 5.75 Å². The summed E-state index contributed by atoms with van der Waals surface area (Å²) in [5.74, 6) is -2.87. The van der Waals surface area contributed by atoms with Crippen molar-refractivity contribution in [2.24, 2.45) is 0 Å². The van der Waals surface area contributed by atoms with Gasteiger partial charge in [-0.1, -0.05) is 0 Å². The van der Waals surface area contributed by atoms with E-state index in [1.807, 2.05) is 45.2 Å². The van der Waals surface area contributed by atoms with E-state index in [-0.39, 0.29) is 24.3 Å². The van der Waals surface area contributed by atoms with E-state index in [1.165, 1.54) is 6.07 Å². The molecular formula is C12H11F2I2NO6S. The molecule has 0 bridgehead atoms. The van der Waals surface area contributed by atoms with E-state index in [0.717, 1.165) is 0 Å². The molecule has 0 spiro atoms. The zero-order valence-corrected chi connectivity index (χ0v) is 16.9. The first-order valence-corrected chi connectivity index (χ1v) is 9.82. The highest BCUT2D eigenvalue weighted by Crippen LogP contribution is 2.27. The van der Waals surface area contributed by atoms with Crippen molar-refractivity contribution < 1.29 is 36.4 Å². The first-order valence-electron chi connectivity index (χ1n) is 6.22. The summed E-state index contributed by atoms with van der Waals surface area (Å²) in [6, 6.07) is 3.06. The number of carbonyl (C=O) groups is 2. The van der Waals surface area contributed by atoms with Crippen molar-refractivity contribution >= 4 is 67.0 Å². The highest BCUT2D eigenvalue weighted by Gasteiger charge is 2.50. The molecule has 1 amide bonds. The van der Waals surface area contributed by atoms with Gasteiger partial charge in [-0.15, -0.1) is 0 Å². The highest BCUT2D eigenvalue weighted by molar-refractivity contribution is 14.1. The highest BCUT2D eigenvalue weighted by atomic mass is 127. The van der Waals surface area contributed by atoms with Gasteiger partial charge in [0.2, 0.25) is 5.78 Å². The van der Waals surface area contributed by atoms with Crippen LogP contribution in [-0.2, 0) is 14.9 Å². The van der Waals surface area contributed by atoms with E-state index >= 15 is 0 Å². The third-order valence-corrected chi connectivity index (χ3v) is 5.11. The molecule has 0 heterocycles. The Balaban J connectivity index is 2.61. The van der Waals surface area contributed by atoms with Crippen molar-refractivity contribution in [1.29, 1.82) is 0 Å². The van der Waals surface area contributed by atoms with Gasteiger partial charge < -0.3 is 10.4 Å². The monoisotopic (exact) mass is 589 g/mol. The number of amides is 1. The van der Waals surface area contributed by atoms with Crippen molar-refractivity contribution in [2.45, 2.75) is 18.1 Å². The molecule has 12 heteroatoms. The van der Waals surface area contributed by atoms with Gasteiger partial charge in [-0.2, -0.15) is 17.2 Å². The van der Waals surface area contributed by atoms with E-state index in [4.69, 9.17) is 4.55 Å². The Labute approximate surface area is 163 Å². The lowest BCUT2D eigenvalue weighted by Gasteiger charge is -2.12. The summed E-state index contributed by atoms with van der Waals surface area (Å²) in [6.45, 7) is -0.201. The third-order valence-electron chi connectivity index (χ3n) is 2.79. The Hall–Kier alpha value is -0.610. The molecule has 134 valence electrons. The van der Waals surface area contributed by atoms with Crippen LogP contribution in [0.4, 0.5) is 8.78 Å². The second kappa shape index (κ2) is 8.18. The molecular weight excluding hydrogens is 578 g/mol. The van der Waals surface area contributed by atoms with Gasteiger partial charge >= 0.3 is 15.4 Å². The number of rotatable bonds is 7. The maximum Gasteiger partial charge on any atom is 0.426 e. The molecule has 1 aromatic rings. The van der Waals surface area contributed by atoms with Crippen molar-refractivity contribution in [1.82, 2.24) is 5.32 Å². The van der Waals surface area contributed by atoms with E-state index < -0.39 is 33.5 Å². The first kappa shape index (κ1) is 21.4. The summed E-state index contributed by atoms with van der Waals surface area (Å²) in [5.41, 5.74) is -0.0131. The van der Waals surface area contributed by atoms with Gasteiger partial charge in [0, 0.05) is 16.5 Å². The molecule has 0 aliphatic rings. The molecule has 0 aromatic heterocycles. The van der Waals surface area contributed by atoms with Gasteiger partial charge in [0.15, 0.2) is 0 Å². The smallest absolute Gasteiger partial charge is 0.426 e. The minimum atomic E-state index is -5.82. The second-order valence-corrected chi connectivity index (χ2v) is 8.43. The number of ketones is 1. The standard InChI is InChI=1S/C12H11F2I2NO6S/c13-12(14,24(21,22)23)9(18)2-1-3-17-11(20)7-4-6(15)5-8(16)10(7)19/h4-5,19H,1-3H2,(H,17,20)(H,21,22,23). The molecule has 7 nitrogen and oxygen atoms in total. The fraction of sp³-hybridized carbons (Fsp3) is 0.333. The Morgan fingerprint density at radius 2 is 1.83 bits per heavy atom. The number of phenols is 1. The Morgan fingerprint density at radius 3 is 2.38 bits per heavy atom. The maximum atomic E-state index is 13.0. The Morgan fingerprint density at radius 1 is 1.25 bits per heavy atom. The largest absolute Gasteiger partial charge is 0.506 e. The van der Waals surface area contributed by atoms with Crippen molar-refractivity contribution in [3.8, 4) is 5.75 Å². The van der Waals surface area contributed by atoms with E-state index in [2.05, 4.69) is 5.32 Å². The van der Waals surface area contributed by atoms with Crippen LogP contribution in [0.5, 0.6) is 5.75 Å². The van der Waals surface area contributed by atoms with Crippen LogP contribution >= 0.6 is 45.2 Å². The van der Waals surface area contributed by atoms with E-state index in [9.17, 15) is 31.9 Å². The SMILES string of the molecule is O=C(NCCCC(=O)C(F)(F)S(=O)(=O)O)c1cc(I)cc(I)c1O. The molecule has 0 unspecified atom stereocenters. The summed E-state index contributed by atoms with van der Waals surface area (Å²) in [4.78, 5) is 23.0. The minimum Gasteiger partial charge on any atom is -0.506 e. The van der Waals surface area contributed by atoms with Crippen LogP contribution in [0.3, 0.4) is 0 Å². The number of benzene rings is 1. The summed E-state index contributed by atoms with van der Waals surface area (Å²) in [6.07, 6.45) is -1.12. The fourth-order valence-electron chi connectivity index (χ4n) is 1.57. The van der Waals surface area contributed by atoms with Crippen LogP contribution in [0, 0.1) is 7.14 Å². The Bertz CT molecular complexity index is 769. The molecule has 0 atom stereocenters. The summed E-state index contributed by atoms with van der Waals surface area (Å²) < 4.78 is 56.3. The lowest BCUT2D eigenvalue weighted by molar-refractivity contribution is -0.133. The van der Waals surface area contributed by atoms with Crippen molar-refractivity contribution in [3.63, 3.8) is 0 Å². The number of nitrogens with one attached hydrogen (secondary N) is 1. The zero-order chi connectivity index (χ0) is 18.7. The molecule has 3 N–H and O–H groups in total. The number of phenolic OH excluding ortho intramolecular Hbond substituents is 1. The quantitative estimate of drug-likeness (QED) is 0.255. The number of Topliss-reactive ketones (excluding diaryl/α,β-unsaturated/α-hetero) is 1. The molecule has 0 saturated heterocycles. The second-order valence-electron chi connectivity index (χ2n) is 4.56. The molecule has 1 aromatic carbocycles. The van der Waals surface area contributed by atoms with Crippen molar-refractivity contribution in [2.75, 3.05) is 6.54 Å². The lowest BCUT2D eigenvalue weighted by atomic mass is 10.2. The van der Waals surface area contributed by atoms with Crippen LogP contribution in [-0.4, -0.2) is 41.6 Å². The fourth-order valence-corrected chi connectivity index (χ4v) is 3.81. The van der Waals surface area contributed by atoms with Crippen LogP contribution in [0.2, 0.25) is 0 Å². The summed E-state index contributed by atoms with van der Waals surface area (Å²) >= 11 is 3.78. The zero-order valence-electron chi connectivity index (χ0n) is 11.7. The number of alkyl halides is 2. The number of hydrogen-bond acceptors (Lipinski definition) is 5. The topological polar surface area (TPSA) is 121 Å². The number of carbonyl (C=O) groups excluding carboxylic acids is 2. The molecule has 0 aliphatic heterocycles. The average Bonchev–Trinajstić information content (AvgIpc) is 2.45. The van der Waals surface area contributed by atoms with Gasteiger partial charge in [0.25, 0.3) is 5.91 Å². The van der Waals surface area contributed by atoms with Crippen LogP contribution in [0.25, 0.3) is 0 Å². The van der Waals surface area contributed by atoms with Crippen LogP contribution in [0.1, 0.15) is 23.2 Å². The predicted molar refractivity (Wildman–Crippen MR) is 96.6 cm³/mol. The normalized spacial score (nSPS) is 12.0. The molecule has 1 rings (SSSR count). The number of halogens is 4. The number of aromatic hydroxyl groups is 1. The van der Waals surface area contributed by atoms with Gasteiger partial charge in [-0.25, -0.2) is 0 Å². The van der Waals surface area contributed by atoms with Crippen LogP contribution in [0.15, 0.2) is 12.1 Å². The first-order chi connectivity index (χ1) is 10.9. The maximum absolute atomic E-state index is 13.0. The predicted octanol–water partition coefficient (Wildman–Crippen LogP) is 2.16. The Kier molecular flexibility index (Phi) is 7.30. The molecule has 0 aliphatic carbocycles. The molecule has 0 saturated carbocycles. The third kappa shape index (κ3) is 5.19. The van der Waals surface area contributed by atoms with E-state index in [1.54, 1.807) is 6.07 Å². The summed E-state index contributed by atoms with van der Waals surface area (Å²) in [7, 11) is -5.82. The number of hydrogen-bond donors (Lipinski definition) is 3. The molecule has 0 radical (unpaired) electrons. The van der Waals surface area contributed by atoms with E-state index in [0.29, 0.717) is 7.14 Å². The van der Waals surface area contributed by atoms with Gasteiger partial charge in [0.05, 0.1) is 9.13 Å². The molecule has 0 fully saturated rings. The average molecular weight is 589 g/mol. The lowest BCUT2D eigenvalue weighted by Crippen LogP contribution is -2.37. The summed E-state index contributed by atoms with van der Waals surface area (Å²) in [5, 5.41) is 7.26. The molecule has 24 heavy (non-hydrogen) atoms. The minimum absolute atomic E-state index is 0.0131. The van der Waals surface area contributed by atoms with Gasteiger partial charge in [-0.05, 0) is 63.7 Å². The van der Waals surface area contributed by atoms with Crippen LogP contribution < -0.4 is 5.32 Å².